The smallest absolute Gasteiger partial charge is 0.255 e. The Morgan fingerprint density at radius 2 is 1.92 bits per heavy atom. The van der Waals surface area contributed by atoms with Gasteiger partial charge in [-0.3, -0.25) is 9.78 Å². The van der Waals surface area contributed by atoms with E-state index >= 15 is 0 Å². The summed E-state index contributed by atoms with van der Waals surface area (Å²) in [5.74, 6) is 1.68. The third-order valence-electron chi connectivity index (χ3n) is 4.78. The van der Waals surface area contributed by atoms with Crippen LogP contribution in [0.15, 0.2) is 42.6 Å². The number of hydrogen-bond donors (Lipinski definition) is 0. The van der Waals surface area contributed by atoms with Gasteiger partial charge in [0.2, 0.25) is 0 Å². The minimum Gasteiger partial charge on any atom is -0.486 e. The van der Waals surface area contributed by atoms with Crippen molar-refractivity contribution in [2.45, 2.75) is 31.8 Å². The molecule has 1 saturated heterocycles. The van der Waals surface area contributed by atoms with Crippen LogP contribution in [0.3, 0.4) is 0 Å². The Morgan fingerprint density at radius 1 is 1.12 bits per heavy atom. The second-order valence-electron chi connectivity index (χ2n) is 6.53. The zero-order chi connectivity index (χ0) is 17.1. The zero-order valence-electron chi connectivity index (χ0n) is 14.2. The summed E-state index contributed by atoms with van der Waals surface area (Å²) in [5.41, 5.74) is 1.57. The van der Waals surface area contributed by atoms with Crippen molar-refractivity contribution < 1.29 is 14.3 Å². The second kappa shape index (κ2) is 7.13. The number of benzene rings is 1. The molecule has 25 heavy (non-hydrogen) atoms. The molecule has 1 aromatic heterocycles. The highest BCUT2D eigenvalue weighted by Crippen LogP contribution is 2.32. The van der Waals surface area contributed by atoms with Gasteiger partial charge in [0.1, 0.15) is 12.7 Å². The summed E-state index contributed by atoms with van der Waals surface area (Å²) >= 11 is 0. The lowest BCUT2D eigenvalue weighted by Crippen LogP contribution is -2.31. The molecule has 0 bridgehead atoms. The topological polar surface area (TPSA) is 51.7 Å². The number of likely N-dealkylation sites (tertiary alicyclic amines) is 1. The fourth-order valence-electron chi connectivity index (χ4n) is 3.43. The summed E-state index contributed by atoms with van der Waals surface area (Å²) in [4.78, 5) is 19.1. The molecular weight excluding hydrogens is 316 g/mol. The Bertz CT molecular complexity index is 756. The van der Waals surface area contributed by atoms with Crippen LogP contribution in [0, 0.1) is 0 Å². The van der Waals surface area contributed by atoms with Crippen LogP contribution in [0.1, 0.15) is 35.3 Å². The van der Waals surface area contributed by atoms with Crippen LogP contribution in [-0.4, -0.2) is 41.6 Å². The summed E-state index contributed by atoms with van der Waals surface area (Å²) in [5, 5.41) is 0. The van der Waals surface area contributed by atoms with Gasteiger partial charge in [-0.15, -0.1) is 0 Å². The van der Waals surface area contributed by atoms with Gasteiger partial charge in [0.05, 0.1) is 11.3 Å². The lowest BCUT2D eigenvalue weighted by Gasteiger charge is -2.26. The van der Waals surface area contributed by atoms with Gasteiger partial charge in [-0.2, -0.15) is 0 Å². The van der Waals surface area contributed by atoms with E-state index in [1.165, 1.54) is 0 Å². The van der Waals surface area contributed by atoms with Crippen molar-refractivity contribution in [3.63, 3.8) is 0 Å². The Morgan fingerprint density at radius 3 is 2.76 bits per heavy atom. The van der Waals surface area contributed by atoms with E-state index in [0.717, 1.165) is 55.1 Å². The average molecular weight is 338 g/mol. The highest BCUT2D eigenvalue weighted by atomic mass is 16.6. The molecular formula is C20H22N2O3. The third-order valence-corrected chi connectivity index (χ3v) is 4.78. The second-order valence-corrected chi connectivity index (χ2v) is 6.53. The van der Waals surface area contributed by atoms with Gasteiger partial charge in [0, 0.05) is 19.3 Å². The Kier molecular flexibility index (Phi) is 4.55. The fraction of sp³-hybridized carbons (Fsp3) is 0.400. The SMILES string of the molecule is O=C(c1cccnc1CCC1COc2ccccc2O1)N1CCCC1. The number of fused-ring (bicyclic) bond motifs is 1. The third kappa shape index (κ3) is 3.45. The molecule has 0 spiro atoms. The number of amides is 1. The molecule has 1 amide bonds. The van der Waals surface area contributed by atoms with E-state index < -0.39 is 0 Å². The molecule has 1 atom stereocenters. The monoisotopic (exact) mass is 338 g/mol. The molecule has 5 nitrogen and oxygen atoms in total. The van der Waals surface area contributed by atoms with Crippen molar-refractivity contribution >= 4 is 5.91 Å². The van der Waals surface area contributed by atoms with E-state index in [1.807, 2.05) is 41.3 Å². The maximum Gasteiger partial charge on any atom is 0.255 e. The first-order chi connectivity index (χ1) is 12.3. The van der Waals surface area contributed by atoms with Crippen LogP contribution in [0.4, 0.5) is 0 Å². The fourth-order valence-corrected chi connectivity index (χ4v) is 3.43. The number of ether oxygens (including phenoxy) is 2. The van der Waals surface area contributed by atoms with Crippen LogP contribution < -0.4 is 9.47 Å². The van der Waals surface area contributed by atoms with Gasteiger partial charge in [-0.05, 0) is 49.9 Å². The van der Waals surface area contributed by atoms with E-state index in [-0.39, 0.29) is 12.0 Å². The Hall–Kier alpha value is -2.56. The predicted octanol–water partition coefficient (Wildman–Crippen LogP) is 3.09. The first-order valence-corrected chi connectivity index (χ1v) is 8.93. The summed E-state index contributed by atoms with van der Waals surface area (Å²) in [6, 6.07) is 11.4. The maximum absolute atomic E-state index is 12.7. The number of carbonyl (C=O) groups is 1. The van der Waals surface area contributed by atoms with Gasteiger partial charge in [0.25, 0.3) is 5.91 Å². The first kappa shape index (κ1) is 15.9. The van der Waals surface area contributed by atoms with Crippen molar-refractivity contribution in [2.75, 3.05) is 19.7 Å². The number of rotatable bonds is 4. The van der Waals surface area contributed by atoms with Crippen LogP contribution in [0.2, 0.25) is 0 Å². The number of aromatic nitrogens is 1. The van der Waals surface area contributed by atoms with Gasteiger partial charge < -0.3 is 14.4 Å². The van der Waals surface area contributed by atoms with Gasteiger partial charge in [-0.1, -0.05) is 12.1 Å². The highest BCUT2D eigenvalue weighted by molar-refractivity contribution is 5.95. The Balaban J connectivity index is 1.43. The summed E-state index contributed by atoms with van der Waals surface area (Å²) < 4.78 is 11.8. The maximum atomic E-state index is 12.7. The van der Waals surface area contributed by atoms with E-state index in [0.29, 0.717) is 13.0 Å². The molecule has 1 aromatic carbocycles. The molecule has 3 heterocycles. The lowest BCUT2D eigenvalue weighted by atomic mass is 10.1. The molecule has 2 aliphatic heterocycles. The van der Waals surface area contributed by atoms with E-state index in [2.05, 4.69) is 4.98 Å². The molecule has 0 saturated carbocycles. The highest BCUT2D eigenvalue weighted by Gasteiger charge is 2.24. The number of carbonyl (C=O) groups excluding carboxylic acids is 1. The summed E-state index contributed by atoms with van der Waals surface area (Å²) in [7, 11) is 0. The van der Waals surface area contributed by atoms with Crippen molar-refractivity contribution in [3.05, 3.63) is 53.9 Å². The van der Waals surface area contributed by atoms with E-state index in [1.54, 1.807) is 6.20 Å². The molecule has 130 valence electrons. The van der Waals surface area contributed by atoms with Crippen molar-refractivity contribution in [1.82, 2.24) is 9.88 Å². The average Bonchev–Trinajstić information content (AvgIpc) is 3.21. The molecule has 4 rings (SSSR count). The minimum absolute atomic E-state index is 0.0216. The lowest BCUT2D eigenvalue weighted by molar-refractivity contribution is 0.0785. The number of nitrogens with zero attached hydrogens (tertiary/aromatic N) is 2. The van der Waals surface area contributed by atoms with Crippen molar-refractivity contribution in [3.8, 4) is 11.5 Å². The molecule has 2 aliphatic rings. The van der Waals surface area contributed by atoms with E-state index in [4.69, 9.17) is 9.47 Å². The molecule has 0 N–H and O–H groups in total. The molecule has 1 fully saturated rings. The summed E-state index contributed by atoms with van der Waals surface area (Å²) in [6.45, 7) is 2.23. The van der Waals surface area contributed by atoms with Crippen LogP contribution in [0.5, 0.6) is 11.5 Å². The van der Waals surface area contributed by atoms with Gasteiger partial charge >= 0.3 is 0 Å². The quantitative estimate of drug-likeness (QED) is 0.860. The molecule has 0 radical (unpaired) electrons. The number of hydrogen-bond acceptors (Lipinski definition) is 4. The Labute approximate surface area is 147 Å². The van der Waals surface area contributed by atoms with Crippen molar-refractivity contribution in [2.24, 2.45) is 0 Å². The number of aryl methyl sites for hydroxylation is 1. The van der Waals surface area contributed by atoms with Gasteiger partial charge in [0.15, 0.2) is 11.5 Å². The van der Waals surface area contributed by atoms with Crippen LogP contribution in [-0.2, 0) is 6.42 Å². The molecule has 5 heteroatoms. The predicted molar refractivity (Wildman–Crippen MR) is 94.0 cm³/mol. The molecule has 2 aromatic rings. The molecule has 1 unspecified atom stereocenters. The minimum atomic E-state index is -0.0216. The zero-order valence-corrected chi connectivity index (χ0v) is 14.2. The normalized spacial score (nSPS) is 19.0. The number of para-hydroxylation sites is 2. The largest absolute Gasteiger partial charge is 0.486 e. The standard InChI is InChI=1S/C20H22N2O3/c23-20(22-12-3-4-13-22)16-6-5-11-21-17(16)10-9-15-14-24-18-7-1-2-8-19(18)25-15/h1-2,5-8,11,15H,3-4,9-10,12-14H2. The summed E-state index contributed by atoms with van der Waals surface area (Å²) in [6.07, 6.45) is 5.38. The van der Waals surface area contributed by atoms with Crippen molar-refractivity contribution in [1.29, 1.82) is 0 Å². The number of pyridine rings is 1. The van der Waals surface area contributed by atoms with Gasteiger partial charge in [-0.25, -0.2) is 0 Å². The van der Waals surface area contributed by atoms with Crippen LogP contribution in [0.25, 0.3) is 0 Å². The van der Waals surface area contributed by atoms with E-state index in [9.17, 15) is 4.79 Å². The molecule has 0 aliphatic carbocycles. The van der Waals surface area contributed by atoms with Crippen LogP contribution >= 0.6 is 0 Å². The first-order valence-electron chi connectivity index (χ1n) is 8.93.